The number of aromatic hydroxyl groups is 1. The number of hydrogen-bond donors (Lipinski definition) is 3. The third-order valence-electron chi connectivity index (χ3n) is 9.06. The summed E-state index contributed by atoms with van der Waals surface area (Å²) in [5.74, 6) is -5.70. The van der Waals surface area contributed by atoms with Crippen molar-refractivity contribution in [2.75, 3.05) is 18.6 Å². The highest BCUT2D eigenvalue weighted by atomic mass is 35.5. The number of likely N-dealkylation sites (tertiary alicyclic amines) is 1. The molecule has 42 heavy (non-hydrogen) atoms. The van der Waals surface area contributed by atoms with Gasteiger partial charge in [-0.15, -0.1) is 23.2 Å². The molecule has 1 saturated carbocycles. The van der Waals surface area contributed by atoms with Gasteiger partial charge in [0.2, 0.25) is 11.8 Å². The summed E-state index contributed by atoms with van der Waals surface area (Å²) in [5.41, 5.74) is 1.37. The molecule has 0 unspecified atom stereocenters. The van der Waals surface area contributed by atoms with Gasteiger partial charge in [0, 0.05) is 13.0 Å². The Morgan fingerprint density at radius 2 is 1.76 bits per heavy atom. The SMILES string of the molecule is CCOc1cc([C@H]2C3=CC[C@@H]4C(=O)N(c5cccc(B(O)O)c5)C(=O)[C@@H]4[C@@H]3C[C@@]3(Cl)C(=O)N(C)C(=O)[C@@]23Cl)ccc1O. The number of fused-ring (bicyclic) bond motifs is 4. The molecule has 4 amide bonds. The number of ether oxygens (including phenoxy) is 1. The van der Waals surface area contributed by atoms with Gasteiger partial charge in [-0.25, -0.2) is 0 Å². The standard InChI is InChI=1S/C29H27BCl2N2O8/c1-3-42-21-11-14(7-10-20(21)35)23-17-8-9-18-22(19(17)13-28(31)26(38)33(2)27(39)29(23,28)32)25(37)34(24(18)36)16-6-4-5-15(12-16)30(40)41/h4-8,10-12,18-19,22-23,35,40-41H,3,9,13H2,1-2H3/t18-,19+,22-,23-,28+,29-/m0/s1. The smallest absolute Gasteiger partial charge is 0.488 e. The molecule has 0 bridgehead atoms. The second kappa shape index (κ2) is 9.84. The van der Waals surface area contributed by atoms with Crippen molar-refractivity contribution >= 4 is 65.1 Å². The number of carbonyl (C=O) groups excluding carboxylic acids is 4. The van der Waals surface area contributed by atoms with Gasteiger partial charge in [0.25, 0.3) is 11.8 Å². The Kier molecular flexibility index (Phi) is 6.73. The largest absolute Gasteiger partial charge is 0.504 e. The molecule has 0 spiro atoms. The van der Waals surface area contributed by atoms with Gasteiger partial charge in [-0.2, -0.15) is 0 Å². The Labute approximate surface area is 251 Å². The van der Waals surface area contributed by atoms with Crippen molar-refractivity contribution in [3.05, 3.63) is 59.7 Å². The average molecular weight is 613 g/mol. The number of phenolic OH excluding ortho intramolecular Hbond substituents is 1. The van der Waals surface area contributed by atoms with E-state index < -0.39 is 64.2 Å². The number of allylic oxidation sites excluding steroid dienone is 2. The summed E-state index contributed by atoms with van der Waals surface area (Å²) in [7, 11) is -0.485. The number of rotatable bonds is 5. The van der Waals surface area contributed by atoms with Crippen LogP contribution < -0.4 is 15.1 Å². The summed E-state index contributed by atoms with van der Waals surface area (Å²) in [5, 5.41) is 29.7. The van der Waals surface area contributed by atoms with E-state index in [1.165, 1.54) is 37.4 Å². The maximum absolute atomic E-state index is 14.1. The first-order valence-corrected chi connectivity index (χ1v) is 14.3. The molecule has 6 rings (SSSR count). The molecule has 218 valence electrons. The molecule has 3 fully saturated rings. The minimum Gasteiger partial charge on any atom is -0.504 e. The normalized spacial score (nSPS) is 32.0. The van der Waals surface area contributed by atoms with Gasteiger partial charge < -0.3 is 19.9 Å². The van der Waals surface area contributed by atoms with E-state index in [9.17, 15) is 34.3 Å². The van der Waals surface area contributed by atoms with Crippen LogP contribution in [0, 0.1) is 17.8 Å². The van der Waals surface area contributed by atoms with Crippen LogP contribution >= 0.6 is 23.2 Å². The van der Waals surface area contributed by atoms with E-state index in [2.05, 4.69) is 0 Å². The number of phenols is 1. The van der Waals surface area contributed by atoms with Gasteiger partial charge in [-0.05, 0) is 61.0 Å². The van der Waals surface area contributed by atoms with Crippen LogP contribution in [-0.2, 0) is 19.2 Å². The molecule has 2 aromatic rings. The third-order valence-corrected chi connectivity index (χ3v) is 10.5. The number of hydrogen-bond acceptors (Lipinski definition) is 8. The number of nitrogens with zero attached hydrogens (tertiary/aromatic N) is 2. The number of imide groups is 2. The van der Waals surface area contributed by atoms with E-state index in [1.807, 2.05) is 6.08 Å². The highest BCUT2D eigenvalue weighted by molar-refractivity contribution is 6.58. The molecule has 2 heterocycles. The molecule has 13 heteroatoms. The van der Waals surface area contributed by atoms with Crippen LogP contribution in [0.4, 0.5) is 5.69 Å². The number of anilines is 1. The summed E-state index contributed by atoms with van der Waals surface area (Å²) in [6, 6.07) is 10.4. The van der Waals surface area contributed by atoms with Crippen molar-refractivity contribution in [1.29, 1.82) is 0 Å². The zero-order valence-electron chi connectivity index (χ0n) is 22.7. The number of alkyl halides is 2. The van der Waals surface area contributed by atoms with E-state index in [0.717, 1.165) is 9.80 Å². The maximum Gasteiger partial charge on any atom is 0.488 e. The van der Waals surface area contributed by atoms with E-state index in [0.29, 0.717) is 11.1 Å². The minimum atomic E-state index is -1.95. The Morgan fingerprint density at radius 1 is 1.02 bits per heavy atom. The predicted octanol–water partition coefficient (Wildman–Crippen LogP) is 1.66. The minimum absolute atomic E-state index is 0.113. The van der Waals surface area contributed by atoms with Crippen molar-refractivity contribution in [2.24, 2.45) is 17.8 Å². The molecule has 0 radical (unpaired) electrons. The van der Waals surface area contributed by atoms with Crippen LogP contribution in [0.2, 0.25) is 0 Å². The monoisotopic (exact) mass is 612 g/mol. The molecule has 2 aliphatic heterocycles. The summed E-state index contributed by atoms with van der Waals surface area (Å²) in [6.45, 7) is 2.00. The zero-order chi connectivity index (χ0) is 30.3. The van der Waals surface area contributed by atoms with Gasteiger partial charge >= 0.3 is 7.12 Å². The van der Waals surface area contributed by atoms with Crippen molar-refractivity contribution in [1.82, 2.24) is 4.90 Å². The lowest BCUT2D eigenvalue weighted by molar-refractivity contribution is -0.138. The zero-order valence-corrected chi connectivity index (χ0v) is 24.2. The number of carbonyl (C=O) groups is 4. The van der Waals surface area contributed by atoms with Gasteiger partial charge in [-0.3, -0.25) is 29.0 Å². The Balaban J connectivity index is 1.50. The molecule has 2 aliphatic carbocycles. The first-order valence-electron chi connectivity index (χ1n) is 13.6. The Hall–Kier alpha value is -3.38. The molecule has 0 aromatic heterocycles. The van der Waals surface area contributed by atoms with Gasteiger partial charge in [0.15, 0.2) is 21.2 Å². The first-order chi connectivity index (χ1) is 19.9. The van der Waals surface area contributed by atoms with E-state index >= 15 is 0 Å². The molecular weight excluding hydrogens is 586 g/mol. The second-order valence-electron chi connectivity index (χ2n) is 11.1. The summed E-state index contributed by atoms with van der Waals surface area (Å²) < 4.78 is 5.58. The quantitative estimate of drug-likeness (QED) is 0.200. The van der Waals surface area contributed by atoms with Crippen molar-refractivity contribution in [3.8, 4) is 11.5 Å². The fourth-order valence-electron chi connectivity index (χ4n) is 7.18. The highest BCUT2D eigenvalue weighted by Gasteiger charge is 2.75. The highest BCUT2D eigenvalue weighted by Crippen LogP contribution is 2.65. The number of benzene rings is 2. The molecule has 4 aliphatic rings. The van der Waals surface area contributed by atoms with Crippen LogP contribution in [0.25, 0.3) is 0 Å². The van der Waals surface area contributed by atoms with Crippen molar-refractivity contribution in [2.45, 2.75) is 35.4 Å². The number of amides is 4. The Bertz CT molecular complexity index is 1580. The molecule has 6 atom stereocenters. The first kappa shape index (κ1) is 28.7. The van der Waals surface area contributed by atoms with Gasteiger partial charge in [0.05, 0.1) is 24.1 Å². The average Bonchev–Trinajstić information content (AvgIpc) is 3.29. The lowest BCUT2D eigenvalue weighted by atomic mass is 9.56. The van der Waals surface area contributed by atoms with Crippen molar-refractivity contribution in [3.63, 3.8) is 0 Å². The molecule has 2 aromatic carbocycles. The van der Waals surface area contributed by atoms with Crippen LogP contribution in [0.3, 0.4) is 0 Å². The van der Waals surface area contributed by atoms with Gasteiger partial charge in [-0.1, -0.05) is 29.8 Å². The van der Waals surface area contributed by atoms with E-state index in [-0.39, 0.29) is 42.1 Å². The second-order valence-corrected chi connectivity index (χ2v) is 12.4. The molecule has 10 nitrogen and oxygen atoms in total. The van der Waals surface area contributed by atoms with E-state index in [4.69, 9.17) is 27.9 Å². The van der Waals surface area contributed by atoms with Crippen LogP contribution in [0.1, 0.15) is 31.2 Å². The summed E-state index contributed by atoms with van der Waals surface area (Å²) in [4.78, 5) is 53.1. The van der Waals surface area contributed by atoms with Crippen LogP contribution in [0.5, 0.6) is 11.5 Å². The lowest BCUT2D eigenvalue weighted by Crippen LogP contribution is -2.60. The molecular formula is C29H27BCl2N2O8. The van der Waals surface area contributed by atoms with E-state index in [1.54, 1.807) is 19.1 Å². The molecule has 2 saturated heterocycles. The predicted molar refractivity (Wildman–Crippen MR) is 154 cm³/mol. The van der Waals surface area contributed by atoms with Gasteiger partial charge in [0.1, 0.15) is 0 Å². The summed E-state index contributed by atoms with van der Waals surface area (Å²) in [6.07, 6.45) is 1.82. The van der Waals surface area contributed by atoms with Crippen molar-refractivity contribution < 1.29 is 39.1 Å². The maximum atomic E-state index is 14.1. The number of halogens is 2. The topological polar surface area (TPSA) is 145 Å². The van der Waals surface area contributed by atoms with Crippen LogP contribution in [0.15, 0.2) is 54.1 Å². The summed E-state index contributed by atoms with van der Waals surface area (Å²) >= 11 is 14.3. The lowest BCUT2D eigenvalue weighted by Gasteiger charge is -2.50. The van der Waals surface area contributed by atoms with Crippen LogP contribution in [-0.4, -0.2) is 74.2 Å². The fourth-order valence-corrected chi connectivity index (χ4v) is 8.20. The fraction of sp³-hybridized carbons (Fsp3) is 0.379. The molecule has 3 N–H and O–H groups in total. The Morgan fingerprint density at radius 3 is 2.45 bits per heavy atom. The third kappa shape index (κ3) is 3.73.